The lowest BCUT2D eigenvalue weighted by atomic mass is 10.1. The highest BCUT2D eigenvalue weighted by atomic mass is 35.5. The van der Waals surface area contributed by atoms with Gasteiger partial charge in [0.1, 0.15) is 12.6 Å². The van der Waals surface area contributed by atoms with Crippen LogP contribution < -0.4 is 9.62 Å². The first-order chi connectivity index (χ1) is 14.4. The fourth-order valence-corrected chi connectivity index (χ4v) is 4.35. The molecule has 0 heterocycles. The normalized spacial score (nSPS) is 12.2. The third-order valence-corrected chi connectivity index (χ3v) is 6.37. The molecule has 1 unspecified atom stereocenters. The number of nitrogens with zero attached hydrogens (tertiary/aromatic N) is 2. The smallest absolute Gasteiger partial charge is 0.244 e. The zero-order valence-electron chi connectivity index (χ0n) is 17.7. The van der Waals surface area contributed by atoms with Crippen molar-refractivity contribution in [2.45, 2.75) is 26.4 Å². The number of benzene rings is 2. The summed E-state index contributed by atoms with van der Waals surface area (Å²) >= 11 is 12.1. The zero-order valence-corrected chi connectivity index (χ0v) is 20.1. The van der Waals surface area contributed by atoms with Gasteiger partial charge in [-0.3, -0.25) is 13.9 Å². The Bertz CT molecular complexity index is 1080. The number of nitrogens with one attached hydrogen (secondary N) is 1. The number of rotatable bonds is 8. The predicted octanol–water partition coefficient (Wildman–Crippen LogP) is 3.23. The van der Waals surface area contributed by atoms with Gasteiger partial charge in [0.25, 0.3) is 0 Å². The summed E-state index contributed by atoms with van der Waals surface area (Å²) in [4.78, 5) is 26.9. The molecular formula is C21H25Cl2N3O4S. The molecule has 0 aliphatic carbocycles. The lowest BCUT2D eigenvalue weighted by molar-refractivity contribution is -0.139. The third kappa shape index (κ3) is 6.59. The monoisotopic (exact) mass is 485 g/mol. The number of sulfonamides is 1. The molecule has 0 saturated heterocycles. The van der Waals surface area contributed by atoms with Gasteiger partial charge >= 0.3 is 0 Å². The second kappa shape index (κ2) is 10.3. The maximum absolute atomic E-state index is 13.3. The van der Waals surface area contributed by atoms with Crippen molar-refractivity contribution in [2.24, 2.45) is 0 Å². The molecular weight excluding hydrogens is 461 g/mol. The zero-order chi connectivity index (χ0) is 23.3. The molecule has 31 heavy (non-hydrogen) atoms. The quantitative estimate of drug-likeness (QED) is 0.621. The first-order valence-electron chi connectivity index (χ1n) is 9.43. The Balaban J connectivity index is 2.43. The number of carbonyl (C=O) groups excluding carboxylic acids is 2. The molecule has 2 aromatic carbocycles. The molecule has 0 aliphatic heterocycles. The minimum atomic E-state index is -3.81. The Morgan fingerprint density at radius 2 is 1.74 bits per heavy atom. The number of halogens is 2. The number of hydrogen-bond acceptors (Lipinski definition) is 4. The second-order valence-corrected chi connectivity index (χ2v) is 9.92. The van der Waals surface area contributed by atoms with Gasteiger partial charge in [-0.25, -0.2) is 8.42 Å². The molecule has 2 rings (SSSR count). The summed E-state index contributed by atoms with van der Waals surface area (Å²) in [5.41, 5.74) is 1.66. The van der Waals surface area contributed by atoms with Crippen LogP contribution in [0.3, 0.4) is 0 Å². The fourth-order valence-electron chi connectivity index (χ4n) is 3.07. The van der Waals surface area contributed by atoms with Crippen LogP contribution in [0.25, 0.3) is 0 Å². The highest BCUT2D eigenvalue weighted by Crippen LogP contribution is 2.26. The summed E-state index contributed by atoms with van der Waals surface area (Å²) < 4.78 is 26.1. The molecule has 0 aromatic heterocycles. The van der Waals surface area contributed by atoms with E-state index in [9.17, 15) is 18.0 Å². The number of anilines is 1. The van der Waals surface area contributed by atoms with Crippen LogP contribution in [-0.2, 0) is 26.2 Å². The SMILES string of the molecule is CNC(=O)C(C)N(Cc1cccc(Cl)c1)C(=O)CN(c1cc(Cl)ccc1C)S(C)(=O)=O. The van der Waals surface area contributed by atoms with E-state index in [2.05, 4.69) is 5.32 Å². The van der Waals surface area contributed by atoms with Crippen LogP contribution >= 0.6 is 23.2 Å². The predicted molar refractivity (Wildman–Crippen MR) is 124 cm³/mol. The molecule has 0 saturated carbocycles. The fraction of sp³-hybridized carbons (Fsp3) is 0.333. The van der Waals surface area contributed by atoms with E-state index in [0.717, 1.165) is 10.6 Å². The van der Waals surface area contributed by atoms with Gasteiger partial charge in [-0.15, -0.1) is 0 Å². The van der Waals surface area contributed by atoms with E-state index >= 15 is 0 Å². The van der Waals surface area contributed by atoms with Crippen molar-refractivity contribution in [3.05, 3.63) is 63.6 Å². The van der Waals surface area contributed by atoms with Gasteiger partial charge in [-0.05, 0) is 49.2 Å². The van der Waals surface area contributed by atoms with E-state index in [-0.39, 0.29) is 12.5 Å². The van der Waals surface area contributed by atoms with Crippen molar-refractivity contribution in [1.29, 1.82) is 0 Å². The van der Waals surface area contributed by atoms with Crippen LogP contribution in [0.1, 0.15) is 18.1 Å². The maximum atomic E-state index is 13.3. The van der Waals surface area contributed by atoms with Gasteiger partial charge in [-0.2, -0.15) is 0 Å². The molecule has 0 radical (unpaired) electrons. The van der Waals surface area contributed by atoms with Crippen LogP contribution in [0.15, 0.2) is 42.5 Å². The average Bonchev–Trinajstić information content (AvgIpc) is 2.70. The van der Waals surface area contributed by atoms with Crippen molar-refractivity contribution >= 4 is 50.7 Å². The Morgan fingerprint density at radius 1 is 1.10 bits per heavy atom. The summed E-state index contributed by atoms with van der Waals surface area (Å²) in [5, 5.41) is 3.36. The van der Waals surface area contributed by atoms with Crippen molar-refractivity contribution in [3.63, 3.8) is 0 Å². The molecule has 2 amide bonds. The lowest BCUT2D eigenvalue weighted by Gasteiger charge is -2.31. The van der Waals surface area contributed by atoms with Crippen molar-refractivity contribution in [2.75, 3.05) is 24.2 Å². The molecule has 168 valence electrons. The number of carbonyl (C=O) groups is 2. The van der Waals surface area contributed by atoms with Gasteiger partial charge < -0.3 is 10.2 Å². The van der Waals surface area contributed by atoms with Crippen molar-refractivity contribution in [3.8, 4) is 0 Å². The minimum Gasteiger partial charge on any atom is -0.357 e. The summed E-state index contributed by atoms with van der Waals surface area (Å²) in [6.07, 6.45) is 1.02. The molecule has 1 atom stereocenters. The highest BCUT2D eigenvalue weighted by Gasteiger charge is 2.30. The number of hydrogen-bond donors (Lipinski definition) is 1. The molecule has 7 nitrogen and oxygen atoms in total. The summed E-state index contributed by atoms with van der Waals surface area (Å²) in [6.45, 7) is 2.91. The molecule has 0 fully saturated rings. The standard InChI is InChI=1S/C21H25Cl2N3O4S/c1-14-8-9-18(23)11-19(14)26(31(4,29)30)13-20(27)25(15(2)21(28)24-3)12-16-6-5-7-17(22)10-16/h5-11,15H,12-13H2,1-4H3,(H,24,28). The highest BCUT2D eigenvalue weighted by molar-refractivity contribution is 7.92. The van der Waals surface area contributed by atoms with Crippen LogP contribution in [0.4, 0.5) is 5.69 Å². The van der Waals surface area contributed by atoms with Gasteiger partial charge in [-0.1, -0.05) is 41.4 Å². The van der Waals surface area contributed by atoms with E-state index in [4.69, 9.17) is 23.2 Å². The number of amides is 2. The average molecular weight is 486 g/mol. The van der Waals surface area contributed by atoms with Gasteiger partial charge in [0.05, 0.1) is 11.9 Å². The Kier molecular flexibility index (Phi) is 8.34. The number of aryl methyl sites for hydroxylation is 1. The molecule has 0 spiro atoms. The van der Waals surface area contributed by atoms with Crippen LogP contribution in [0.5, 0.6) is 0 Å². The van der Waals surface area contributed by atoms with Crippen LogP contribution in [-0.4, -0.2) is 51.0 Å². The van der Waals surface area contributed by atoms with Gasteiger partial charge in [0.2, 0.25) is 21.8 Å². The molecule has 1 N–H and O–H groups in total. The van der Waals surface area contributed by atoms with Crippen molar-refractivity contribution in [1.82, 2.24) is 10.2 Å². The maximum Gasteiger partial charge on any atom is 0.244 e. The Hall–Kier alpha value is -2.29. The largest absolute Gasteiger partial charge is 0.357 e. The van der Waals surface area contributed by atoms with Crippen LogP contribution in [0, 0.1) is 6.92 Å². The van der Waals surface area contributed by atoms with Gasteiger partial charge in [0.15, 0.2) is 0 Å². The molecule has 0 aliphatic rings. The van der Waals surface area contributed by atoms with E-state index in [0.29, 0.717) is 26.9 Å². The number of likely N-dealkylation sites (N-methyl/N-ethyl adjacent to an activating group) is 1. The lowest BCUT2D eigenvalue weighted by Crippen LogP contribution is -2.50. The summed E-state index contributed by atoms with van der Waals surface area (Å²) in [5.74, 6) is -0.916. The van der Waals surface area contributed by atoms with E-state index in [1.165, 1.54) is 18.0 Å². The third-order valence-electron chi connectivity index (χ3n) is 4.77. The Morgan fingerprint density at radius 3 is 2.32 bits per heavy atom. The summed E-state index contributed by atoms with van der Waals surface area (Å²) in [6, 6.07) is 10.9. The first kappa shape index (κ1) is 25.0. The van der Waals surface area contributed by atoms with E-state index in [1.807, 2.05) is 0 Å². The van der Waals surface area contributed by atoms with Crippen LogP contribution in [0.2, 0.25) is 10.0 Å². The second-order valence-electron chi connectivity index (χ2n) is 7.14. The minimum absolute atomic E-state index is 0.0834. The van der Waals surface area contributed by atoms with Crippen molar-refractivity contribution < 1.29 is 18.0 Å². The van der Waals surface area contributed by atoms with E-state index in [1.54, 1.807) is 50.2 Å². The molecule has 2 aromatic rings. The van der Waals surface area contributed by atoms with Gasteiger partial charge in [0, 0.05) is 23.6 Å². The molecule has 10 heteroatoms. The Labute approximate surface area is 193 Å². The van der Waals surface area contributed by atoms with E-state index < -0.39 is 28.5 Å². The topological polar surface area (TPSA) is 86.8 Å². The first-order valence-corrected chi connectivity index (χ1v) is 12.0. The molecule has 0 bridgehead atoms. The summed E-state index contributed by atoms with van der Waals surface area (Å²) in [7, 11) is -2.34.